The summed E-state index contributed by atoms with van der Waals surface area (Å²) in [5.74, 6) is -1.21. The minimum atomic E-state index is -0.607. The molecule has 0 aromatic heterocycles. The van der Waals surface area contributed by atoms with E-state index >= 15 is 0 Å². The predicted molar refractivity (Wildman–Crippen MR) is 84.3 cm³/mol. The van der Waals surface area contributed by atoms with Crippen molar-refractivity contribution in [1.82, 2.24) is 0 Å². The molecule has 0 saturated heterocycles. The number of benzene rings is 2. The zero-order valence-electron chi connectivity index (χ0n) is 11.1. The van der Waals surface area contributed by atoms with E-state index < -0.39 is 11.6 Å². The molecule has 1 unspecified atom stereocenters. The molecular weight excluding hydrogens is 344 g/mol. The Morgan fingerprint density at radius 2 is 1.65 bits per heavy atom. The third kappa shape index (κ3) is 3.52. The second-order valence-electron chi connectivity index (χ2n) is 4.38. The van der Waals surface area contributed by atoms with Crippen molar-refractivity contribution >= 4 is 33.4 Å². The fourth-order valence-corrected chi connectivity index (χ4v) is 2.68. The largest absolute Gasteiger partial charge is 0.374 e. The lowest BCUT2D eigenvalue weighted by Gasteiger charge is -2.17. The van der Waals surface area contributed by atoms with Crippen LogP contribution in [0.15, 0.2) is 45.8 Å². The van der Waals surface area contributed by atoms with Crippen molar-refractivity contribution in [3.63, 3.8) is 0 Å². The molecule has 0 amide bonds. The SMILES string of the molecule is CSc1ccc(C(C)Nc2c(F)cc(Br)cc2F)cc1. The summed E-state index contributed by atoms with van der Waals surface area (Å²) in [6.45, 7) is 1.87. The molecule has 0 saturated carbocycles. The lowest BCUT2D eigenvalue weighted by molar-refractivity contribution is 0.583. The monoisotopic (exact) mass is 357 g/mol. The van der Waals surface area contributed by atoms with Gasteiger partial charge in [0.05, 0.1) is 0 Å². The normalized spacial score (nSPS) is 12.2. The molecule has 0 radical (unpaired) electrons. The van der Waals surface area contributed by atoms with Crippen molar-refractivity contribution in [3.8, 4) is 0 Å². The van der Waals surface area contributed by atoms with Gasteiger partial charge >= 0.3 is 0 Å². The molecule has 20 heavy (non-hydrogen) atoms. The van der Waals surface area contributed by atoms with Crippen molar-refractivity contribution in [2.75, 3.05) is 11.6 Å². The molecule has 2 aromatic rings. The Hall–Kier alpha value is -1.07. The van der Waals surface area contributed by atoms with E-state index in [0.29, 0.717) is 4.47 Å². The van der Waals surface area contributed by atoms with Crippen LogP contribution in [0.2, 0.25) is 0 Å². The van der Waals surface area contributed by atoms with Crippen molar-refractivity contribution in [3.05, 3.63) is 58.1 Å². The predicted octanol–water partition coefficient (Wildman–Crippen LogP) is 5.62. The van der Waals surface area contributed by atoms with Gasteiger partial charge in [-0.25, -0.2) is 8.78 Å². The maximum Gasteiger partial charge on any atom is 0.150 e. The average Bonchev–Trinajstić information content (AvgIpc) is 2.42. The van der Waals surface area contributed by atoms with Gasteiger partial charge in [-0.05, 0) is 43.0 Å². The summed E-state index contributed by atoms with van der Waals surface area (Å²) in [4.78, 5) is 1.15. The van der Waals surface area contributed by atoms with Crippen LogP contribution in [-0.2, 0) is 0 Å². The van der Waals surface area contributed by atoms with Crippen LogP contribution in [0.4, 0.5) is 14.5 Å². The fourth-order valence-electron chi connectivity index (χ4n) is 1.87. The highest BCUT2D eigenvalue weighted by Gasteiger charge is 2.14. The summed E-state index contributed by atoms with van der Waals surface area (Å²) in [7, 11) is 0. The minimum absolute atomic E-state index is 0.102. The number of thioether (sulfide) groups is 1. The van der Waals surface area contributed by atoms with Gasteiger partial charge in [0.1, 0.15) is 17.3 Å². The molecule has 0 spiro atoms. The first-order valence-electron chi connectivity index (χ1n) is 6.06. The maximum absolute atomic E-state index is 13.8. The third-order valence-electron chi connectivity index (χ3n) is 2.98. The molecule has 1 N–H and O–H groups in total. The molecule has 0 aliphatic heterocycles. The van der Waals surface area contributed by atoms with E-state index in [-0.39, 0.29) is 11.7 Å². The number of rotatable bonds is 4. The van der Waals surface area contributed by atoms with E-state index in [1.807, 2.05) is 37.4 Å². The van der Waals surface area contributed by atoms with Crippen LogP contribution in [0.25, 0.3) is 0 Å². The van der Waals surface area contributed by atoms with Gasteiger partial charge in [-0.3, -0.25) is 0 Å². The quantitative estimate of drug-likeness (QED) is 0.712. The molecule has 2 rings (SSSR count). The molecule has 1 atom stereocenters. The molecular formula is C15H14BrF2NS. The molecule has 2 aromatic carbocycles. The van der Waals surface area contributed by atoms with Crippen LogP contribution in [0.5, 0.6) is 0 Å². The van der Waals surface area contributed by atoms with Crippen molar-refractivity contribution < 1.29 is 8.78 Å². The Kier molecular flexibility index (Phi) is 5.05. The van der Waals surface area contributed by atoms with Gasteiger partial charge in [-0.1, -0.05) is 28.1 Å². The first-order chi connectivity index (χ1) is 9.51. The lowest BCUT2D eigenvalue weighted by Crippen LogP contribution is -2.09. The summed E-state index contributed by atoms with van der Waals surface area (Å²) in [6, 6.07) is 10.2. The molecule has 0 aliphatic rings. The van der Waals surface area contributed by atoms with Crippen LogP contribution in [-0.4, -0.2) is 6.26 Å². The van der Waals surface area contributed by atoms with Crippen molar-refractivity contribution in [2.45, 2.75) is 17.9 Å². The van der Waals surface area contributed by atoms with Crippen LogP contribution in [0, 0.1) is 11.6 Å². The smallest absolute Gasteiger partial charge is 0.150 e. The van der Waals surface area contributed by atoms with E-state index in [4.69, 9.17) is 0 Å². The molecule has 0 bridgehead atoms. The van der Waals surface area contributed by atoms with E-state index in [1.165, 1.54) is 12.1 Å². The van der Waals surface area contributed by atoms with Gasteiger partial charge in [-0.2, -0.15) is 0 Å². The second-order valence-corrected chi connectivity index (χ2v) is 6.18. The molecule has 5 heteroatoms. The summed E-state index contributed by atoms with van der Waals surface area (Å²) in [5.41, 5.74) is 0.874. The number of nitrogens with one attached hydrogen (secondary N) is 1. The van der Waals surface area contributed by atoms with Gasteiger partial charge in [0.25, 0.3) is 0 Å². The second kappa shape index (κ2) is 6.59. The molecule has 0 heterocycles. The van der Waals surface area contributed by atoms with Crippen molar-refractivity contribution in [1.29, 1.82) is 0 Å². The lowest BCUT2D eigenvalue weighted by atomic mass is 10.1. The average molecular weight is 358 g/mol. The van der Waals surface area contributed by atoms with E-state index in [9.17, 15) is 8.78 Å². The van der Waals surface area contributed by atoms with Gasteiger partial charge in [-0.15, -0.1) is 11.8 Å². The maximum atomic E-state index is 13.8. The van der Waals surface area contributed by atoms with E-state index in [2.05, 4.69) is 21.2 Å². The van der Waals surface area contributed by atoms with Gasteiger partial charge < -0.3 is 5.32 Å². The van der Waals surface area contributed by atoms with Crippen molar-refractivity contribution in [2.24, 2.45) is 0 Å². The fraction of sp³-hybridized carbons (Fsp3) is 0.200. The number of anilines is 1. The number of halogens is 3. The van der Waals surface area contributed by atoms with Gasteiger partial charge in [0.15, 0.2) is 0 Å². The highest BCUT2D eigenvalue weighted by Crippen LogP contribution is 2.28. The van der Waals surface area contributed by atoms with Gasteiger partial charge in [0.2, 0.25) is 0 Å². The molecule has 1 nitrogen and oxygen atoms in total. The summed E-state index contributed by atoms with van der Waals surface area (Å²) in [6.07, 6.45) is 2.00. The minimum Gasteiger partial charge on any atom is -0.374 e. The Bertz CT molecular complexity index is 578. The first kappa shape index (κ1) is 15.3. The van der Waals surface area contributed by atoms with Crippen LogP contribution in [0.3, 0.4) is 0 Å². The summed E-state index contributed by atoms with van der Waals surface area (Å²) in [5, 5.41) is 2.88. The number of hydrogen-bond donors (Lipinski definition) is 1. The molecule has 106 valence electrons. The van der Waals surface area contributed by atoms with Crippen LogP contribution < -0.4 is 5.32 Å². The Morgan fingerprint density at radius 1 is 1.10 bits per heavy atom. The standard InChI is InChI=1S/C15H14BrF2NS/c1-9(10-3-5-12(20-2)6-4-10)19-15-13(17)7-11(16)8-14(15)18/h3-9,19H,1-2H3. The van der Waals surface area contributed by atoms with Gasteiger partial charge in [0, 0.05) is 15.4 Å². The zero-order chi connectivity index (χ0) is 14.7. The topological polar surface area (TPSA) is 12.0 Å². The Balaban J connectivity index is 2.20. The van der Waals surface area contributed by atoms with Crippen LogP contribution >= 0.6 is 27.7 Å². The molecule has 0 fully saturated rings. The Labute approximate surface area is 129 Å². The highest BCUT2D eigenvalue weighted by atomic mass is 79.9. The first-order valence-corrected chi connectivity index (χ1v) is 8.08. The van der Waals surface area contributed by atoms with E-state index in [1.54, 1.807) is 11.8 Å². The molecule has 0 aliphatic carbocycles. The van der Waals surface area contributed by atoms with Crippen LogP contribution in [0.1, 0.15) is 18.5 Å². The number of hydrogen-bond acceptors (Lipinski definition) is 2. The Morgan fingerprint density at radius 3 is 2.15 bits per heavy atom. The third-order valence-corrected chi connectivity index (χ3v) is 4.18. The summed E-state index contributed by atoms with van der Waals surface area (Å²) >= 11 is 4.72. The summed E-state index contributed by atoms with van der Waals surface area (Å²) < 4.78 is 27.9. The zero-order valence-corrected chi connectivity index (χ0v) is 13.5. The van der Waals surface area contributed by atoms with E-state index in [0.717, 1.165) is 10.5 Å². The highest BCUT2D eigenvalue weighted by molar-refractivity contribution is 9.10.